The van der Waals surface area contributed by atoms with Gasteiger partial charge in [0.15, 0.2) is 0 Å². The van der Waals surface area contributed by atoms with E-state index >= 15 is 0 Å². The summed E-state index contributed by atoms with van der Waals surface area (Å²) < 4.78 is 5.44. The van der Waals surface area contributed by atoms with Gasteiger partial charge < -0.3 is 4.74 Å². The smallest absolute Gasteiger partial charge is 0.129 e. The molecule has 0 atom stereocenters. The fraction of sp³-hybridized carbons (Fsp3) is 0.375. The predicted octanol–water partition coefficient (Wildman–Crippen LogP) is 4.88. The van der Waals surface area contributed by atoms with Crippen LogP contribution in [0.1, 0.15) is 43.0 Å². The van der Waals surface area contributed by atoms with Gasteiger partial charge in [-0.2, -0.15) is 0 Å². The van der Waals surface area contributed by atoms with Crippen molar-refractivity contribution in [3.63, 3.8) is 0 Å². The molecule has 0 bridgehead atoms. The van der Waals surface area contributed by atoms with E-state index in [9.17, 15) is 0 Å². The maximum absolute atomic E-state index is 5.44. The molecule has 0 spiro atoms. The van der Waals surface area contributed by atoms with Crippen molar-refractivity contribution in [2.24, 2.45) is 0 Å². The van der Waals surface area contributed by atoms with Crippen LogP contribution < -0.4 is 4.74 Å². The maximum atomic E-state index is 5.44. The molecule has 0 aliphatic heterocycles. The van der Waals surface area contributed by atoms with Crippen LogP contribution in [0.15, 0.2) is 19.2 Å². The quantitative estimate of drug-likeness (QED) is 0.719. The fourth-order valence-electron chi connectivity index (χ4n) is 1.89. The van der Waals surface area contributed by atoms with Gasteiger partial charge in [-0.25, -0.2) is 0 Å². The van der Waals surface area contributed by atoms with Crippen molar-refractivity contribution in [2.45, 2.75) is 34.1 Å². The summed E-state index contributed by atoms with van der Waals surface area (Å²) in [6.07, 6.45) is 4.65. The van der Waals surface area contributed by atoms with Crippen LogP contribution in [-0.4, -0.2) is 7.11 Å². The van der Waals surface area contributed by atoms with Crippen LogP contribution in [-0.2, 0) is 6.42 Å². The zero-order valence-electron chi connectivity index (χ0n) is 11.8. The minimum Gasteiger partial charge on any atom is -0.496 e. The van der Waals surface area contributed by atoms with Gasteiger partial charge in [0.2, 0.25) is 0 Å². The van der Waals surface area contributed by atoms with Gasteiger partial charge >= 0.3 is 0 Å². The molecule has 17 heavy (non-hydrogen) atoms. The summed E-state index contributed by atoms with van der Waals surface area (Å²) in [6.45, 7) is 15.9. The first-order chi connectivity index (χ1) is 8.19. The fourth-order valence-corrected chi connectivity index (χ4v) is 1.89. The van der Waals surface area contributed by atoms with E-state index in [1.165, 1.54) is 11.1 Å². The van der Waals surface area contributed by atoms with Gasteiger partial charge in [0.25, 0.3) is 0 Å². The predicted molar refractivity (Wildman–Crippen MR) is 78.6 cm³/mol. The molecule has 94 valence electrons. The van der Waals surface area contributed by atoms with Crippen molar-refractivity contribution in [2.75, 3.05) is 7.11 Å². The van der Waals surface area contributed by atoms with E-state index in [-0.39, 0.29) is 0 Å². The molecule has 0 aliphatic rings. The van der Waals surface area contributed by atoms with E-state index in [4.69, 9.17) is 4.74 Å². The van der Waals surface area contributed by atoms with Crippen LogP contribution in [0.4, 0.5) is 0 Å². The lowest BCUT2D eigenvalue weighted by atomic mass is 9.95. The summed E-state index contributed by atoms with van der Waals surface area (Å²) in [5, 5.41) is 0. The molecule has 1 heteroatoms. The molecular weight excluding hydrogens is 208 g/mol. The molecule has 1 rings (SSSR count). The third-order valence-corrected chi connectivity index (χ3v) is 2.64. The summed E-state index contributed by atoms with van der Waals surface area (Å²) in [5.74, 6) is 0.924. The van der Waals surface area contributed by atoms with Crippen molar-refractivity contribution in [3.05, 3.63) is 41.5 Å². The molecule has 0 heterocycles. The number of rotatable bonds is 4. The number of aryl methyl sites for hydroxylation is 2. The van der Waals surface area contributed by atoms with Crippen molar-refractivity contribution >= 4 is 12.2 Å². The van der Waals surface area contributed by atoms with Crippen LogP contribution >= 0.6 is 0 Å². The topological polar surface area (TPSA) is 9.23 Å². The standard InChI is InChI=1S/C14H18O.C2H6/c1-6-11-9-10(4)12(7-2)13(8-3)14(11)15-5;1-2/h7-9H,2-3,6H2,1,4-5H3;1-2H3. The molecule has 0 aromatic heterocycles. The number of hydrogen-bond acceptors (Lipinski definition) is 1. The van der Waals surface area contributed by atoms with Gasteiger partial charge in [-0.15, -0.1) is 0 Å². The molecule has 1 aromatic rings. The molecule has 1 nitrogen and oxygen atoms in total. The zero-order valence-corrected chi connectivity index (χ0v) is 11.8. The van der Waals surface area contributed by atoms with Crippen molar-refractivity contribution in [3.8, 4) is 5.75 Å². The Morgan fingerprint density at radius 2 is 1.71 bits per heavy atom. The molecule has 0 fully saturated rings. The molecule has 1 aromatic carbocycles. The van der Waals surface area contributed by atoms with E-state index in [0.29, 0.717) is 0 Å². The highest BCUT2D eigenvalue weighted by Gasteiger charge is 2.11. The second-order valence-electron chi connectivity index (χ2n) is 3.47. The van der Waals surface area contributed by atoms with Crippen LogP contribution in [0, 0.1) is 6.92 Å². The van der Waals surface area contributed by atoms with E-state index in [1.54, 1.807) is 7.11 Å². The average Bonchev–Trinajstić information content (AvgIpc) is 2.39. The first-order valence-corrected chi connectivity index (χ1v) is 6.14. The van der Waals surface area contributed by atoms with Gasteiger partial charge in [-0.3, -0.25) is 0 Å². The molecule has 0 saturated carbocycles. The van der Waals surface area contributed by atoms with E-state index in [2.05, 4.69) is 33.1 Å². The molecule has 0 amide bonds. The maximum Gasteiger partial charge on any atom is 0.129 e. The van der Waals surface area contributed by atoms with E-state index in [1.807, 2.05) is 26.0 Å². The van der Waals surface area contributed by atoms with Crippen LogP contribution in [0.25, 0.3) is 12.2 Å². The Balaban J connectivity index is 0.00000121. The summed E-state index contributed by atoms with van der Waals surface area (Å²) in [7, 11) is 1.70. The minimum absolute atomic E-state index is 0.924. The van der Waals surface area contributed by atoms with Crippen molar-refractivity contribution in [1.29, 1.82) is 0 Å². The summed E-state index contributed by atoms with van der Waals surface area (Å²) in [4.78, 5) is 0. The second kappa shape index (κ2) is 7.72. The monoisotopic (exact) mass is 232 g/mol. The molecular formula is C16H24O. The SMILES string of the molecule is C=Cc1c(C)cc(CC)c(OC)c1C=C.CC. The summed E-state index contributed by atoms with van der Waals surface area (Å²) in [5.41, 5.74) is 4.59. The Bertz CT molecular complexity index is 389. The molecule has 0 aliphatic carbocycles. The third-order valence-electron chi connectivity index (χ3n) is 2.64. The first-order valence-electron chi connectivity index (χ1n) is 6.14. The van der Waals surface area contributed by atoms with Crippen LogP contribution in [0.3, 0.4) is 0 Å². The van der Waals surface area contributed by atoms with Gasteiger partial charge in [-0.1, -0.05) is 52.1 Å². The highest BCUT2D eigenvalue weighted by atomic mass is 16.5. The summed E-state index contributed by atoms with van der Waals surface area (Å²) in [6, 6.07) is 2.16. The lowest BCUT2D eigenvalue weighted by Crippen LogP contribution is -1.98. The Morgan fingerprint density at radius 1 is 1.18 bits per heavy atom. The highest BCUT2D eigenvalue weighted by molar-refractivity contribution is 5.72. The van der Waals surface area contributed by atoms with Gasteiger partial charge in [0.1, 0.15) is 5.75 Å². The zero-order chi connectivity index (χ0) is 13.4. The lowest BCUT2D eigenvalue weighted by molar-refractivity contribution is 0.409. The van der Waals surface area contributed by atoms with E-state index < -0.39 is 0 Å². The van der Waals surface area contributed by atoms with Crippen LogP contribution in [0.2, 0.25) is 0 Å². The molecule has 0 radical (unpaired) electrons. The number of hydrogen-bond donors (Lipinski definition) is 0. The lowest BCUT2D eigenvalue weighted by Gasteiger charge is -2.15. The largest absolute Gasteiger partial charge is 0.496 e. The molecule has 0 unspecified atom stereocenters. The van der Waals surface area contributed by atoms with Crippen LogP contribution in [0.5, 0.6) is 5.75 Å². The minimum atomic E-state index is 0.924. The Kier molecular flexibility index (Phi) is 7.04. The number of ether oxygens (including phenoxy) is 1. The first kappa shape index (κ1) is 15.5. The second-order valence-corrected chi connectivity index (χ2v) is 3.47. The molecule has 0 N–H and O–H groups in total. The average molecular weight is 232 g/mol. The normalized spacial score (nSPS) is 9.00. The van der Waals surface area contributed by atoms with Gasteiger partial charge in [-0.05, 0) is 30.0 Å². The van der Waals surface area contributed by atoms with E-state index in [0.717, 1.165) is 23.3 Å². The Labute approximate surface area is 106 Å². The third kappa shape index (κ3) is 3.23. The summed E-state index contributed by atoms with van der Waals surface area (Å²) >= 11 is 0. The number of methoxy groups -OCH3 is 1. The van der Waals surface area contributed by atoms with Gasteiger partial charge in [0, 0.05) is 5.56 Å². The Morgan fingerprint density at radius 3 is 2.06 bits per heavy atom. The molecule has 0 saturated heterocycles. The van der Waals surface area contributed by atoms with Crippen molar-refractivity contribution < 1.29 is 4.74 Å². The van der Waals surface area contributed by atoms with Crippen molar-refractivity contribution in [1.82, 2.24) is 0 Å². The highest BCUT2D eigenvalue weighted by Crippen LogP contribution is 2.31. The van der Waals surface area contributed by atoms with Gasteiger partial charge in [0.05, 0.1) is 7.11 Å². The Hall–Kier alpha value is -1.50. The number of benzene rings is 1.